The zero-order chi connectivity index (χ0) is 12.3. The smallest absolute Gasteiger partial charge is 0.141 e. The van der Waals surface area contributed by atoms with Crippen LogP contribution in [0, 0.1) is 0 Å². The van der Waals surface area contributed by atoms with E-state index < -0.39 is 0 Å². The lowest BCUT2D eigenvalue weighted by atomic mass is 10.3. The van der Waals surface area contributed by atoms with E-state index in [1.54, 1.807) is 12.3 Å². The predicted octanol–water partition coefficient (Wildman–Crippen LogP) is 3.86. The van der Waals surface area contributed by atoms with E-state index in [0.29, 0.717) is 6.54 Å². The average molecular weight is 358 g/mol. The number of halogens is 2. The number of ether oxygens (including phenoxy) is 1. The minimum absolute atomic E-state index is 0.401. The summed E-state index contributed by atoms with van der Waals surface area (Å²) in [5, 5.41) is 0. The molecule has 17 heavy (non-hydrogen) atoms. The molecule has 1 aromatic carbocycles. The van der Waals surface area contributed by atoms with E-state index in [1.165, 1.54) is 0 Å². The van der Waals surface area contributed by atoms with Crippen LogP contribution in [-0.4, -0.2) is 4.98 Å². The second kappa shape index (κ2) is 5.62. The number of nitrogens with two attached hydrogens (primary N) is 1. The fourth-order valence-electron chi connectivity index (χ4n) is 1.32. The van der Waals surface area contributed by atoms with Crippen LogP contribution in [0.15, 0.2) is 45.5 Å². The lowest BCUT2D eigenvalue weighted by Crippen LogP contribution is -1.99. The van der Waals surface area contributed by atoms with Crippen LogP contribution < -0.4 is 10.5 Å². The summed E-state index contributed by atoms with van der Waals surface area (Å²) in [6, 6.07) is 9.37. The summed E-state index contributed by atoms with van der Waals surface area (Å²) in [5.74, 6) is 1.48. The van der Waals surface area contributed by atoms with Gasteiger partial charge in [-0.15, -0.1) is 0 Å². The van der Waals surface area contributed by atoms with E-state index in [9.17, 15) is 0 Å². The Kier molecular flexibility index (Phi) is 4.15. The molecule has 88 valence electrons. The third kappa shape index (κ3) is 3.28. The molecule has 0 unspecified atom stereocenters. The first kappa shape index (κ1) is 12.5. The van der Waals surface area contributed by atoms with Gasteiger partial charge in [-0.3, -0.25) is 4.98 Å². The largest absolute Gasteiger partial charge is 0.456 e. The minimum Gasteiger partial charge on any atom is -0.456 e. The molecule has 0 aliphatic rings. The van der Waals surface area contributed by atoms with E-state index >= 15 is 0 Å². The Balaban J connectivity index is 2.25. The third-order valence-electron chi connectivity index (χ3n) is 2.12. The molecular weight excluding hydrogens is 348 g/mol. The van der Waals surface area contributed by atoms with Gasteiger partial charge < -0.3 is 10.5 Å². The van der Waals surface area contributed by atoms with E-state index in [1.807, 2.05) is 24.3 Å². The van der Waals surface area contributed by atoms with Gasteiger partial charge in [-0.1, -0.05) is 15.9 Å². The molecule has 0 saturated carbocycles. The highest BCUT2D eigenvalue weighted by Gasteiger charge is 2.04. The van der Waals surface area contributed by atoms with Crippen LogP contribution in [0.25, 0.3) is 0 Å². The van der Waals surface area contributed by atoms with E-state index in [4.69, 9.17) is 10.5 Å². The molecule has 0 aliphatic heterocycles. The van der Waals surface area contributed by atoms with Crippen molar-refractivity contribution in [3.8, 4) is 11.5 Å². The predicted molar refractivity (Wildman–Crippen MR) is 74.0 cm³/mol. The summed E-state index contributed by atoms with van der Waals surface area (Å²) in [6.07, 6.45) is 1.68. The number of benzene rings is 1. The molecule has 0 radical (unpaired) electrons. The maximum Gasteiger partial charge on any atom is 0.141 e. The lowest BCUT2D eigenvalue weighted by Gasteiger charge is -2.08. The molecule has 0 aliphatic carbocycles. The van der Waals surface area contributed by atoms with Gasteiger partial charge in [0.15, 0.2) is 0 Å². The van der Waals surface area contributed by atoms with Crippen molar-refractivity contribution in [1.29, 1.82) is 0 Å². The van der Waals surface area contributed by atoms with Crippen LogP contribution in [-0.2, 0) is 6.54 Å². The normalized spacial score (nSPS) is 10.3. The molecule has 2 aromatic rings. The fourth-order valence-corrected chi connectivity index (χ4v) is 2.44. The Hall–Kier alpha value is -0.910. The number of hydrogen-bond acceptors (Lipinski definition) is 3. The Bertz CT molecular complexity index is 532. The SMILES string of the molecule is NCc1cc(Oc2ccc(Br)cc2Br)ccn1. The van der Waals surface area contributed by atoms with E-state index in [0.717, 1.165) is 26.1 Å². The van der Waals surface area contributed by atoms with E-state index in [-0.39, 0.29) is 0 Å². The lowest BCUT2D eigenvalue weighted by molar-refractivity contribution is 0.478. The number of hydrogen-bond donors (Lipinski definition) is 1. The summed E-state index contributed by atoms with van der Waals surface area (Å²) in [5.41, 5.74) is 6.33. The topological polar surface area (TPSA) is 48.1 Å². The van der Waals surface area contributed by atoms with Crippen molar-refractivity contribution >= 4 is 31.9 Å². The first-order chi connectivity index (χ1) is 8.19. The average Bonchev–Trinajstić information content (AvgIpc) is 2.33. The number of rotatable bonds is 3. The van der Waals surface area contributed by atoms with Crippen molar-refractivity contribution in [1.82, 2.24) is 4.98 Å². The third-order valence-corrected chi connectivity index (χ3v) is 3.23. The summed E-state index contributed by atoms with van der Waals surface area (Å²) < 4.78 is 7.62. The molecule has 1 heterocycles. The Morgan fingerprint density at radius 1 is 1.18 bits per heavy atom. The Morgan fingerprint density at radius 2 is 2.00 bits per heavy atom. The molecule has 3 nitrogen and oxygen atoms in total. The molecule has 5 heteroatoms. The van der Waals surface area contributed by atoms with Gasteiger partial charge in [0.2, 0.25) is 0 Å². The molecule has 1 aromatic heterocycles. The van der Waals surface area contributed by atoms with Crippen LogP contribution in [0.2, 0.25) is 0 Å². The second-order valence-electron chi connectivity index (χ2n) is 3.36. The van der Waals surface area contributed by atoms with Crippen molar-refractivity contribution in [3.63, 3.8) is 0 Å². The zero-order valence-corrected chi connectivity index (χ0v) is 12.0. The second-order valence-corrected chi connectivity index (χ2v) is 5.13. The van der Waals surface area contributed by atoms with E-state index in [2.05, 4.69) is 36.8 Å². The Morgan fingerprint density at radius 3 is 2.71 bits per heavy atom. The number of nitrogens with zero attached hydrogens (tertiary/aromatic N) is 1. The van der Waals surface area contributed by atoms with Gasteiger partial charge >= 0.3 is 0 Å². The van der Waals surface area contributed by atoms with Crippen LogP contribution in [0.4, 0.5) is 0 Å². The highest BCUT2D eigenvalue weighted by molar-refractivity contribution is 9.11. The minimum atomic E-state index is 0.401. The van der Waals surface area contributed by atoms with Crippen LogP contribution in [0.5, 0.6) is 11.5 Å². The van der Waals surface area contributed by atoms with Crippen LogP contribution in [0.3, 0.4) is 0 Å². The molecule has 0 saturated heterocycles. The molecule has 0 amide bonds. The van der Waals surface area contributed by atoms with Crippen molar-refractivity contribution < 1.29 is 4.74 Å². The van der Waals surface area contributed by atoms with Gasteiger partial charge in [-0.2, -0.15) is 0 Å². The standard InChI is InChI=1S/C12H10Br2N2O/c13-8-1-2-12(11(14)5-8)17-10-3-4-16-9(6-10)7-15/h1-6H,7,15H2. The zero-order valence-electron chi connectivity index (χ0n) is 8.86. The monoisotopic (exact) mass is 356 g/mol. The fraction of sp³-hybridized carbons (Fsp3) is 0.0833. The highest BCUT2D eigenvalue weighted by Crippen LogP contribution is 2.31. The maximum atomic E-state index is 5.74. The Labute approximate surface area is 116 Å². The summed E-state index contributed by atoms with van der Waals surface area (Å²) >= 11 is 6.84. The first-order valence-corrected chi connectivity index (χ1v) is 6.55. The van der Waals surface area contributed by atoms with Gasteiger partial charge in [0.25, 0.3) is 0 Å². The number of aromatic nitrogens is 1. The maximum absolute atomic E-state index is 5.74. The summed E-state index contributed by atoms with van der Waals surface area (Å²) in [6.45, 7) is 0.401. The van der Waals surface area contributed by atoms with Gasteiger partial charge in [0.1, 0.15) is 11.5 Å². The van der Waals surface area contributed by atoms with Gasteiger partial charge in [0.05, 0.1) is 10.2 Å². The van der Waals surface area contributed by atoms with Crippen LogP contribution >= 0.6 is 31.9 Å². The number of pyridine rings is 1. The molecule has 0 bridgehead atoms. The molecular formula is C12H10Br2N2O. The van der Waals surface area contributed by atoms with Gasteiger partial charge in [0, 0.05) is 23.3 Å². The summed E-state index contributed by atoms with van der Waals surface area (Å²) in [4.78, 5) is 4.11. The van der Waals surface area contributed by atoms with Crippen molar-refractivity contribution in [2.24, 2.45) is 5.73 Å². The molecule has 2 rings (SSSR count). The molecule has 0 atom stereocenters. The molecule has 2 N–H and O–H groups in total. The highest BCUT2D eigenvalue weighted by atomic mass is 79.9. The van der Waals surface area contributed by atoms with Crippen molar-refractivity contribution in [3.05, 3.63) is 51.2 Å². The molecule has 0 spiro atoms. The quantitative estimate of drug-likeness (QED) is 0.907. The van der Waals surface area contributed by atoms with Gasteiger partial charge in [-0.25, -0.2) is 0 Å². The van der Waals surface area contributed by atoms with Gasteiger partial charge in [-0.05, 0) is 40.2 Å². The van der Waals surface area contributed by atoms with Crippen molar-refractivity contribution in [2.45, 2.75) is 6.54 Å². The van der Waals surface area contributed by atoms with Crippen molar-refractivity contribution in [2.75, 3.05) is 0 Å². The summed E-state index contributed by atoms with van der Waals surface area (Å²) in [7, 11) is 0. The first-order valence-electron chi connectivity index (χ1n) is 4.97. The van der Waals surface area contributed by atoms with Crippen LogP contribution in [0.1, 0.15) is 5.69 Å². The molecule has 0 fully saturated rings.